The van der Waals surface area contributed by atoms with Gasteiger partial charge in [-0.3, -0.25) is 9.89 Å². The zero-order chi connectivity index (χ0) is 25.4. The normalized spacial score (nSPS) is 15.8. The van der Waals surface area contributed by atoms with Crippen molar-refractivity contribution in [3.8, 4) is 28.5 Å². The summed E-state index contributed by atoms with van der Waals surface area (Å²) in [6.07, 6.45) is 0.781. The number of halogens is 1. The van der Waals surface area contributed by atoms with Crippen molar-refractivity contribution in [2.45, 2.75) is 31.9 Å². The molecule has 1 saturated heterocycles. The monoisotopic (exact) mass is 494 g/mol. The van der Waals surface area contributed by atoms with Gasteiger partial charge in [-0.05, 0) is 38.5 Å². The smallest absolute Gasteiger partial charge is 0.254 e. The third-order valence-electron chi connectivity index (χ3n) is 6.43. The quantitative estimate of drug-likeness (QED) is 0.356. The maximum absolute atomic E-state index is 14.6. The van der Waals surface area contributed by atoms with Crippen molar-refractivity contribution in [2.75, 3.05) is 26.9 Å². The largest absolute Gasteiger partial charge is 0.488 e. The van der Waals surface area contributed by atoms with Crippen molar-refractivity contribution in [1.82, 2.24) is 20.3 Å². The minimum absolute atomic E-state index is 0.106. The van der Waals surface area contributed by atoms with Gasteiger partial charge >= 0.3 is 0 Å². The first-order chi connectivity index (χ1) is 17.3. The zero-order valence-corrected chi connectivity index (χ0v) is 20.2. The Hall–Kier alpha value is -3.76. The minimum Gasteiger partial charge on any atom is -0.488 e. The third kappa shape index (κ3) is 4.45. The van der Waals surface area contributed by atoms with Gasteiger partial charge in [0.2, 0.25) is 0 Å². The van der Waals surface area contributed by atoms with Crippen LogP contribution in [0.4, 0.5) is 4.39 Å². The average Bonchev–Trinajstić information content (AvgIpc) is 3.44. The van der Waals surface area contributed by atoms with Crippen molar-refractivity contribution in [2.24, 2.45) is 0 Å². The Labute approximate surface area is 206 Å². The molecule has 2 aromatic heterocycles. The molecule has 3 heterocycles. The Morgan fingerprint density at radius 1 is 1.25 bits per heavy atom. The van der Waals surface area contributed by atoms with Crippen molar-refractivity contribution >= 4 is 16.8 Å². The van der Waals surface area contributed by atoms with Gasteiger partial charge < -0.3 is 24.0 Å². The van der Waals surface area contributed by atoms with Crippen molar-refractivity contribution in [3.63, 3.8) is 0 Å². The Bertz CT molecular complexity index is 1390. The van der Waals surface area contributed by atoms with E-state index >= 15 is 0 Å². The molecule has 0 saturated carbocycles. The molecule has 1 fully saturated rings. The van der Waals surface area contributed by atoms with Gasteiger partial charge in [0.05, 0.1) is 23.8 Å². The summed E-state index contributed by atoms with van der Waals surface area (Å²) < 4.78 is 30.4. The molecule has 1 atom stereocenters. The number of hydrogen-bond acceptors (Lipinski definition) is 7. The van der Waals surface area contributed by atoms with Crippen LogP contribution in [-0.4, -0.2) is 69.8 Å². The van der Waals surface area contributed by atoms with Crippen LogP contribution >= 0.6 is 0 Å². The summed E-state index contributed by atoms with van der Waals surface area (Å²) in [5.74, 6) is -0.154. The first-order valence-electron chi connectivity index (χ1n) is 11.7. The van der Waals surface area contributed by atoms with E-state index in [0.717, 1.165) is 12.0 Å². The molecule has 1 aliphatic rings. The van der Waals surface area contributed by atoms with Gasteiger partial charge in [-0.15, -0.1) is 0 Å². The highest BCUT2D eigenvalue weighted by molar-refractivity contribution is 5.96. The Morgan fingerprint density at radius 3 is 2.69 bits per heavy atom. The van der Waals surface area contributed by atoms with Gasteiger partial charge in [-0.25, -0.2) is 4.39 Å². The molecule has 9 nitrogen and oxygen atoms in total. The van der Waals surface area contributed by atoms with Crippen molar-refractivity contribution in [1.29, 1.82) is 0 Å². The summed E-state index contributed by atoms with van der Waals surface area (Å²) >= 11 is 0. The number of rotatable bonds is 8. The lowest BCUT2D eigenvalue weighted by Gasteiger charge is -2.47. The van der Waals surface area contributed by atoms with Crippen LogP contribution in [0.25, 0.3) is 33.6 Å². The average molecular weight is 495 g/mol. The zero-order valence-electron chi connectivity index (χ0n) is 20.2. The van der Waals surface area contributed by atoms with Gasteiger partial charge in [0.1, 0.15) is 18.0 Å². The van der Waals surface area contributed by atoms with Crippen LogP contribution in [0.5, 0.6) is 5.75 Å². The Kier molecular flexibility index (Phi) is 6.23. The molecule has 0 radical (unpaired) electrons. The highest BCUT2D eigenvalue weighted by Crippen LogP contribution is 2.33. The molecule has 2 N–H and O–H groups in total. The fourth-order valence-corrected chi connectivity index (χ4v) is 4.39. The Balaban J connectivity index is 1.34. The molecule has 0 bridgehead atoms. The van der Waals surface area contributed by atoms with Gasteiger partial charge in [-0.2, -0.15) is 5.10 Å². The fraction of sp³-hybridized carbons (Fsp3) is 0.346. The maximum atomic E-state index is 14.6. The second kappa shape index (κ2) is 9.36. The van der Waals surface area contributed by atoms with Crippen LogP contribution < -0.4 is 4.74 Å². The first kappa shape index (κ1) is 24.0. The number of fused-ring (bicyclic) bond motifs is 1. The number of aromatic amines is 1. The summed E-state index contributed by atoms with van der Waals surface area (Å²) in [5.41, 5.74) is 1.92. The van der Waals surface area contributed by atoms with Gasteiger partial charge in [-0.1, -0.05) is 17.3 Å². The molecule has 2 aromatic carbocycles. The molecule has 10 heteroatoms. The second-order valence-corrected chi connectivity index (χ2v) is 9.35. The van der Waals surface area contributed by atoms with E-state index in [1.165, 1.54) is 6.07 Å². The van der Waals surface area contributed by atoms with E-state index in [1.807, 2.05) is 0 Å². The number of carbonyl (C=O) groups is 1. The van der Waals surface area contributed by atoms with Gasteiger partial charge in [0.15, 0.2) is 17.3 Å². The minimum atomic E-state index is -0.942. The molecule has 36 heavy (non-hydrogen) atoms. The molecule has 1 aliphatic heterocycles. The number of nitrogens with one attached hydrogen (secondary N) is 1. The highest BCUT2D eigenvalue weighted by Gasteiger charge is 2.41. The van der Waals surface area contributed by atoms with Crippen molar-refractivity contribution in [3.05, 3.63) is 53.8 Å². The standard InChI is InChI=1S/C26H27FN4O5/c1-26(2,33)23-8-9-31(23)25(32)16-6-4-15(5-7-16)19-13-22(36-30-19)24-17-12-18(27)21(35-11-10-34-3)14-20(17)28-29-24/h4-7,12-14,23,33H,8-11H2,1-3H3,(H,28,29)/t23-/m1/s1. The van der Waals surface area contributed by atoms with E-state index in [-0.39, 0.29) is 24.3 Å². The number of carbonyl (C=O) groups excluding carboxylic acids is 1. The number of ether oxygens (including phenoxy) is 2. The van der Waals surface area contributed by atoms with Crippen LogP contribution in [0.3, 0.4) is 0 Å². The van der Waals surface area contributed by atoms with Crippen LogP contribution in [0.1, 0.15) is 30.6 Å². The maximum Gasteiger partial charge on any atom is 0.254 e. The molecule has 0 unspecified atom stereocenters. The molecule has 188 valence electrons. The number of methoxy groups -OCH3 is 1. The van der Waals surface area contributed by atoms with Crippen LogP contribution in [-0.2, 0) is 4.74 Å². The van der Waals surface area contributed by atoms with Crippen molar-refractivity contribution < 1.29 is 28.3 Å². The van der Waals surface area contributed by atoms with Gasteiger partial charge in [0, 0.05) is 42.3 Å². The molecule has 5 rings (SSSR count). The third-order valence-corrected chi connectivity index (χ3v) is 6.43. The number of aromatic nitrogens is 3. The van der Waals surface area contributed by atoms with Crippen LogP contribution in [0.2, 0.25) is 0 Å². The van der Waals surface area contributed by atoms with E-state index in [0.29, 0.717) is 46.8 Å². The van der Waals surface area contributed by atoms with Gasteiger partial charge in [0.25, 0.3) is 5.91 Å². The summed E-state index contributed by atoms with van der Waals surface area (Å²) in [6, 6.07) is 11.5. The van der Waals surface area contributed by atoms with E-state index < -0.39 is 11.4 Å². The highest BCUT2D eigenvalue weighted by atomic mass is 19.1. The fourth-order valence-electron chi connectivity index (χ4n) is 4.39. The lowest BCUT2D eigenvalue weighted by Crippen LogP contribution is -2.60. The molecule has 0 spiro atoms. The van der Waals surface area contributed by atoms with E-state index in [2.05, 4.69) is 15.4 Å². The Morgan fingerprint density at radius 2 is 2.03 bits per heavy atom. The van der Waals surface area contributed by atoms with E-state index in [9.17, 15) is 14.3 Å². The predicted octanol–water partition coefficient (Wildman–Crippen LogP) is 4.03. The molecular weight excluding hydrogens is 467 g/mol. The predicted molar refractivity (Wildman–Crippen MR) is 130 cm³/mol. The molecule has 4 aromatic rings. The van der Waals surface area contributed by atoms with Crippen LogP contribution in [0.15, 0.2) is 47.0 Å². The number of H-pyrrole nitrogens is 1. The second-order valence-electron chi connectivity index (χ2n) is 9.35. The number of benzene rings is 2. The molecule has 1 amide bonds. The first-order valence-corrected chi connectivity index (χ1v) is 11.7. The summed E-state index contributed by atoms with van der Waals surface area (Å²) in [4.78, 5) is 14.6. The molecular formula is C26H27FN4O5. The number of hydrogen-bond donors (Lipinski definition) is 2. The summed E-state index contributed by atoms with van der Waals surface area (Å²) in [6.45, 7) is 4.64. The number of aliphatic hydroxyl groups is 1. The summed E-state index contributed by atoms with van der Waals surface area (Å²) in [5, 5.41) is 22.1. The SMILES string of the molecule is COCCOc1cc2[nH]nc(-c3cc(-c4ccc(C(=O)N5CC[C@@H]5C(C)(C)O)cc4)no3)c2cc1F. The van der Waals surface area contributed by atoms with E-state index in [1.54, 1.807) is 62.3 Å². The summed E-state index contributed by atoms with van der Waals surface area (Å²) in [7, 11) is 1.55. The number of nitrogens with zero attached hydrogens (tertiary/aromatic N) is 3. The number of likely N-dealkylation sites (tertiary alicyclic amines) is 1. The molecule has 0 aliphatic carbocycles. The van der Waals surface area contributed by atoms with Crippen LogP contribution in [0, 0.1) is 5.82 Å². The lowest BCUT2D eigenvalue weighted by molar-refractivity contribution is -0.0550. The lowest BCUT2D eigenvalue weighted by atomic mass is 9.87. The van der Waals surface area contributed by atoms with E-state index in [4.69, 9.17) is 14.0 Å². The number of amides is 1. The topological polar surface area (TPSA) is 114 Å².